The Morgan fingerprint density at radius 2 is 2.22 bits per heavy atom. The van der Waals surface area contributed by atoms with Crippen LogP contribution in [-0.2, 0) is 13.6 Å². The van der Waals surface area contributed by atoms with Gasteiger partial charge in [0.05, 0.1) is 18.1 Å². The number of rotatable bonds is 3. The van der Waals surface area contributed by atoms with E-state index in [0.717, 1.165) is 28.4 Å². The number of aromatic nitrogens is 4. The van der Waals surface area contributed by atoms with Crippen LogP contribution in [-0.4, -0.2) is 19.7 Å². The fourth-order valence-corrected chi connectivity index (χ4v) is 1.85. The molecule has 0 aliphatic heterocycles. The number of hydrogen-bond acceptors (Lipinski definition) is 5. The highest BCUT2D eigenvalue weighted by Gasteiger charge is 2.07. The Morgan fingerprint density at radius 1 is 1.33 bits per heavy atom. The van der Waals surface area contributed by atoms with Gasteiger partial charge in [0.15, 0.2) is 5.65 Å². The normalized spacial score (nSPS) is 11.0. The van der Waals surface area contributed by atoms with E-state index in [1.165, 1.54) is 6.33 Å². The van der Waals surface area contributed by atoms with E-state index >= 15 is 0 Å². The number of aryl methyl sites for hydroxylation is 2. The van der Waals surface area contributed by atoms with Crippen molar-refractivity contribution in [2.45, 2.75) is 13.5 Å². The Balaban J connectivity index is 1.86. The minimum atomic E-state index is 0.592. The predicted octanol–water partition coefficient (Wildman–Crippen LogP) is 1.88. The number of furan rings is 1. The minimum Gasteiger partial charge on any atom is -0.465 e. The first kappa shape index (κ1) is 10.8. The van der Waals surface area contributed by atoms with Crippen molar-refractivity contribution in [1.82, 2.24) is 19.7 Å². The lowest BCUT2D eigenvalue weighted by molar-refractivity contribution is 0.490. The van der Waals surface area contributed by atoms with Gasteiger partial charge in [0.25, 0.3) is 0 Å². The lowest BCUT2D eigenvalue weighted by Gasteiger charge is -2.04. The van der Waals surface area contributed by atoms with Crippen LogP contribution in [0, 0.1) is 6.92 Å². The van der Waals surface area contributed by atoms with E-state index in [9.17, 15) is 0 Å². The summed E-state index contributed by atoms with van der Waals surface area (Å²) in [6, 6.07) is 3.89. The molecule has 0 unspecified atom stereocenters. The summed E-state index contributed by atoms with van der Waals surface area (Å²) in [5.41, 5.74) is 0.808. The summed E-state index contributed by atoms with van der Waals surface area (Å²) in [6.07, 6.45) is 3.28. The number of nitrogens with one attached hydrogen (secondary N) is 1. The third-order valence-electron chi connectivity index (χ3n) is 2.76. The zero-order chi connectivity index (χ0) is 12.5. The topological polar surface area (TPSA) is 68.8 Å². The molecule has 3 aromatic rings. The summed E-state index contributed by atoms with van der Waals surface area (Å²) < 4.78 is 7.22. The van der Waals surface area contributed by atoms with Gasteiger partial charge >= 0.3 is 0 Å². The summed E-state index contributed by atoms with van der Waals surface area (Å²) in [5.74, 6) is 2.55. The molecule has 6 nitrogen and oxygen atoms in total. The van der Waals surface area contributed by atoms with Gasteiger partial charge in [-0.05, 0) is 19.1 Å². The van der Waals surface area contributed by atoms with Crippen molar-refractivity contribution in [3.8, 4) is 0 Å². The molecule has 18 heavy (non-hydrogen) atoms. The van der Waals surface area contributed by atoms with Crippen molar-refractivity contribution in [3.05, 3.63) is 36.2 Å². The van der Waals surface area contributed by atoms with Gasteiger partial charge in [0.2, 0.25) is 0 Å². The number of fused-ring (bicyclic) bond motifs is 1. The van der Waals surface area contributed by atoms with E-state index in [1.807, 2.05) is 26.1 Å². The standard InChI is InChI=1S/C12H13N5O/c1-8-3-4-9(18-8)5-13-11-10-6-16-17(2)12(10)15-7-14-11/h3-4,6-7H,5H2,1-2H3,(H,13,14,15). The molecule has 92 valence electrons. The van der Waals surface area contributed by atoms with Crippen molar-refractivity contribution in [2.75, 3.05) is 5.32 Å². The molecule has 0 fully saturated rings. The van der Waals surface area contributed by atoms with Gasteiger partial charge in [-0.1, -0.05) is 0 Å². The summed E-state index contributed by atoms with van der Waals surface area (Å²) in [7, 11) is 1.86. The first-order chi connectivity index (χ1) is 8.74. The second-order valence-electron chi connectivity index (χ2n) is 4.09. The molecule has 0 radical (unpaired) electrons. The van der Waals surface area contributed by atoms with Crippen LogP contribution in [0.3, 0.4) is 0 Å². The molecular formula is C12H13N5O. The van der Waals surface area contributed by atoms with Crippen molar-refractivity contribution >= 4 is 16.9 Å². The zero-order valence-electron chi connectivity index (χ0n) is 10.2. The summed E-state index contributed by atoms with van der Waals surface area (Å²) >= 11 is 0. The molecule has 0 atom stereocenters. The molecular weight excluding hydrogens is 230 g/mol. The second-order valence-corrected chi connectivity index (χ2v) is 4.09. The molecule has 0 bridgehead atoms. The number of anilines is 1. The second kappa shape index (κ2) is 4.14. The molecule has 1 N–H and O–H groups in total. The van der Waals surface area contributed by atoms with Crippen molar-refractivity contribution in [3.63, 3.8) is 0 Å². The molecule has 0 saturated heterocycles. The summed E-state index contributed by atoms with van der Waals surface area (Å²) in [5, 5.41) is 8.30. The lowest BCUT2D eigenvalue weighted by Crippen LogP contribution is -2.01. The Labute approximate surface area is 104 Å². The van der Waals surface area contributed by atoms with Crippen LogP contribution in [0.1, 0.15) is 11.5 Å². The highest BCUT2D eigenvalue weighted by Crippen LogP contribution is 2.18. The quantitative estimate of drug-likeness (QED) is 0.760. The maximum atomic E-state index is 5.50. The largest absolute Gasteiger partial charge is 0.465 e. The third kappa shape index (κ3) is 1.81. The monoisotopic (exact) mass is 243 g/mol. The highest BCUT2D eigenvalue weighted by atomic mass is 16.3. The van der Waals surface area contributed by atoms with E-state index in [2.05, 4.69) is 20.4 Å². The third-order valence-corrected chi connectivity index (χ3v) is 2.76. The lowest BCUT2D eigenvalue weighted by atomic mass is 10.3. The predicted molar refractivity (Wildman–Crippen MR) is 67.1 cm³/mol. The van der Waals surface area contributed by atoms with Crippen LogP contribution < -0.4 is 5.32 Å². The Bertz CT molecular complexity index is 685. The summed E-state index contributed by atoms with van der Waals surface area (Å²) in [4.78, 5) is 8.41. The van der Waals surface area contributed by atoms with Gasteiger partial charge in [-0.3, -0.25) is 4.68 Å². The Morgan fingerprint density at radius 3 is 3.00 bits per heavy atom. The van der Waals surface area contributed by atoms with Gasteiger partial charge in [-0.15, -0.1) is 0 Å². The fourth-order valence-electron chi connectivity index (χ4n) is 1.85. The van der Waals surface area contributed by atoms with Gasteiger partial charge in [0.1, 0.15) is 23.7 Å². The van der Waals surface area contributed by atoms with E-state index < -0.39 is 0 Å². The molecule has 3 heterocycles. The van der Waals surface area contributed by atoms with Crippen LogP contribution in [0.2, 0.25) is 0 Å². The first-order valence-corrected chi connectivity index (χ1v) is 5.66. The van der Waals surface area contributed by atoms with Crippen LogP contribution in [0.15, 0.2) is 29.1 Å². The molecule has 6 heteroatoms. The average molecular weight is 243 g/mol. The number of nitrogens with zero attached hydrogens (tertiary/aromatic N) is 4. The van der Waals surface area contributed by atoms with E-state index in [0.29, 0.717) is 6.54 Å². The van der Waals surface area contributed by atoms with E-state index in [1.54, 1.807) is 10.9 Å². The minimum absolute atomic E-state index is 0.592. The molecule has 0 saturated carbocycles. The average Bonchev–Trinajstić information content (AvgIpc) is 2.94. The first-order valence-electron chi connectivity index (χ1n) is 5.66. The van der Waals surface area contributed by atoms with Crippen LogP contribution in [0.5, 0.6) is 0 Å². The molecule has 0 aliphatic rings. The van der Waals surface area contributed by atoms with Crippen LogP contribution in [0.4, 0.5) is 5.82 Å². The molecule has 3 rings (SSSR count). The van der Waals surface area contributed by atoms with Gasteiger partial charge in [-0.2, -0.15) is 5.10 Å². The molecule has 0 aliphatic carbocycles. The maximum absolute atomic E-state index is 5.50. The van der Waals surface area contributed by atoms with Gasteiger partial charge in [0, 0.05) is 7.05 Å². The Hall–Kier alpha value is -2.37. The van der Waals surface area contributed by atoms with Crippen molar-refractivity contribution in [1.29, 1.82) is 0 Å². The van der Waals surface area contributed by atoms with Gasteiger partial charge in [-0.25, -0.2) is 9.97 Å². The highest BCUT2D eigenvalue weighted by molar-refractivity contribution is 5.85. The van der Waals surface area contributed by atoms with Crippen molar-refractivity contribution in [2.24, 2.45) is 7.05 Å². The van der Waals surface area contributed by atoms with Crippen LogP contribution >= 0.6 is 0 Å². The van der Waals surface area contributed by atoms with E-state index in [4.69, 9.17) is 4.42 Å². The Kier molecular flexibility index (Phi) is 2.47. The van der Waals surface area contributed by atoms with Gasteiger partial charge < -0.3 is 9.73 Å². The summed E-state index contributed by atoms with van der Waals surface area (Å²) in [6.45, 7) is 2.52. The molecule has 0 amide bonds. The molecule has 0 aromatic carbocycles. The fraction of sp³-hybridized carbons (Fsp3) is 0.250. The maximum Gasteiger partial charge on any atom is 0.163 e. The smallest absolute Gasteiger partial charge is 0.163 e. The van der Waals surface area contributed by atoms with Crippen molar-refractivity contribution < 1.29 is 4.42 Å². The van der Waals surface area contributed by atoms with E-state index in [-0.39, 0.29) is 0 Å². The van der Waals surface area contributed by atoms with Crippen LogP contribution in [0.25, 0.3) is 11.0 Å². The molecule has 0 spiro atoms. The zero-order valence-corrected chi connectivity index (χ0v) is 10.2. The number of hydrogen-bond donors (Lipinski definition) is 1. The SMILES string of the molecule is Cc1ccc(CNc2ncnc3c2cnn3C)o1. The molecule has 3 aromatic heterocycles.